The van der Waals surface area contributed by atoms with E-state index in [-0.39, 0.29) is 24.9 Å². The Bertz CT molecular complexity index is 801. The van der Waals surface area contributed by atoms with Crippen molar-refractivity contribution in [2.24, 2.45) is 10.2 Å². The zero-order valence-electron chi connectivity index (χ0n) is 15.9. The van der Waals surface area contributed by atoms with Gasteiger partial charge in [-0.3, -0.25) is 0 Å². The van der Waals surface area contributed by atoms with Crippen LogP contribution in [0.1, 0.15) is 19.7 Å². The lowest BCUT2D eigenvalue weighted by Gasteiger charge is -2.27. The lowest BCUT2D eigenvalue weighted by Crippen LogP contribution is -2.37. The lowest BCUT2D eigenvalue weighted by atomic mass is 10.2. The Labute approximate surface area is 162 Å². The molecule has 2 N–H and O–H groups in total. The molecule has 1 aromatic carbocycles. The minimum absolute atomic E-state index is 0.0496. The summed E-state index contributed by atoms with van der Waals surface area (Å²) in [5.74, 6) is 1.06. The standard InChI is InChI=1S/C18H24N6O4/c1-18(2,26)12-28-17-21-15(11-19-23-13-3-5-14(25)6-4-13)20-16(22-17)24-7-9-27-10-8-24/h3-6,25-26H,7-12H2,1-2H3. The van der Waals surface area contributed by atoms with E-state index in [4.69, 9.17) is 9.47 Å². The number of benzene rings is 1. The second-order valence-corrected chi connectivity index (χ2v) is 6.95. The number of phenolic OH excluding ortho intramolecular Hbond substituents is 1. The fraction of sp³-hybridized carbons (Fsp3) is 0.500. The number of ether oxygens (including phenoxy) is 2. The lowest BCUT2D eigenvalue weighted by molar-refractivity contribution is 0.0248. The molecule has 0 amide bonds. The number of aromatic nitrogens is 3. The second kappa shape index (κ2) is 8.89. The van der Waals surface area contributed by atoms with Crippen LogP contribution in [0.3, 0.4) is 0 Å². The molecule has 28 heavy (non-hydrogen) atoms. The average molecular weight is 388 g/mol. The molecular weight excluding hydrogens is 364 g/mol. The first-order valence-corrected chi connectivity index (χ1v) is 8.98. The molecule has 150 valence electrons. The highest BCUT2D eigenvalue weighted by Gasteiger charge is 2.19. The van der Waals surface area contributed by atoms with E-state index in [9.17, 15) is 10.2 Å². The van der Waals surface area contributed by atoms with E-state index in [2.05, 4.69) is 25.2 Å². The summed E-state index contributed by atoms with van der Waals surface area (Å²) < 4.78 is 10.9. The summed E-state index contributed by atoms with van der Waals surface area (Å²) in [6.45, 7) is 6.01. The number of aliphatic hydroxyl groups is 1. The Kier molecular flexibility index (Phi) is 6.32. The van der Waals surface area contributed by atoms with Gasteiger partial charge >= 0.3 is 6.01 Å². The number of rotatable bonds is 7. The predicted molar refractivity (Wildman–Crippen MR) is 101 cm³/mol. The maximum Gasteiger partial charge on any atom is 0.321 e. The predicted octanol–water partition coefficient (Wildman–Crippen LogP) is 1.85. The normalized spacial score (nSPS) is 15.2. The van der Waals surface area contributed by atoms with Crippen molar-refractivity contribution in [1.82, 2.24) is 15.0 Å². The van der Waals surface area contributed by atoms with Gasteiger partial charge in [0.05, 0.1) is 24.5 Å². The number of aromatic hydroxyl groups is 1. The van der Waals surface area contributed by atoms with Gasteiger partial charge in [-0.15, -0.1) is 0 Å². The number of hydrogen-bond acceptors (Lipinski definition) is 10. The largest absolute Gasteiger partial charge is 0.508 e. The number of nitrogens with zero attached hydrogens (tertiary/aromatic N) is 6. The van der Waals surface area contributed by atoms with Crippen molar-refractivity contribution in [1.29, 1.82) is 0 Å². The van der Waals surface area contributed by atoms with E-state index in [0.29, 0.717) is 43.8 Å². The van der Waals surface area contributed by atoms with E-state index in [1.54, 1.807) is 26.0 Å². The molecule has 0 spiro atoms. The summed E-state index contributed by atoms with van der Waals surface area (Å²) in [6, 6.07) is 6.52. The van der Waals surface area contributed by atoms with Gasteiger partial charge in [-0.05, 0) is 38.1 Å². The minimum atomic E-state index is -1.01. The first kappa shape index (κ1) is 19.9. The van der Waals surface area contributed by atoms with Gasteiger partial charge in [0, 0.05) is 13.1 Å². The molecule has 1 fully saturated rings. The first-order valence-electron chi connectivity index (χ1n) is 8.98. The van der Waals surface area contributed by atoms with Crippen LogP contribution in [0.15, 0.2) is 34.5 Å². The zero-order valence-corrected chi connectivity index (χ0v) is 15.9. The van der Waals surface area contributed by atoms with E-state index in [1.807, 2.05) is 4.90 Å². The zero-order chi connectivity index (χ0) is 20.0. The highest BCUT2D eigenvalue weighted by molar-refractivity contribution is 5.39. The third kappa shape index (κ3) is 6.10. The van der Waals surface area contributed by atoms with Crippen molar-refractivity contribution >= 4 is 11.6 Å². The van der Waals surface area contributed by atoms with Gasteiger partial charge in [0.1, 0.15) is 18.9 Å². The molecule has 10 nitrogen and oxygen atoms in total. The van der Waals surface area contributed by atoms with Crippen LogP contribution in [-0.4, -0.2) is 63.7 Å². The summed E-state index contributed by atoms with van der Waals surface area (Å²) in [5, 5.41) is 27.4. The molecule has 0 aliphatic carbocycles. The first-order chi connectivity index (χ1) is 13.4. The Morgan fingerprint density at radius 2 is 1.86 bits per heavy atom. The summed E-state index contributed by atoms with van der Waals surface area (Å²) in [5.41, 5.74) is -0.399. The van der Waals surface area contributed by atoms with Gasteiger partial charge in [-0.2, -0.15) is 25.2 Å². The van der Waals surface area contributed by atoms with E-state index >= 15 is 0 Å². The monoisotopic (exact) mass is 388 g/mol. The molecule has 1 saturated heterocycles. The van der Waals surface area contributed by atoms with Crippen LogP contribution in [0.4, 0.5) is 11.6 Å². The highest BCUT2D eigenvalue weighted by Crippen LogP contribution is 2.18. The van der Waals surface area contributed by atoms with Crippen molar-refractivity contribution in [3.63, 3.8) is 0 Å². The van der Waals surface area contributed by atoms with Crippen LogP contribution in [0, 0.1) is 0 Å². The van der Waals surface area contributed by atoms with Gasteiger partial charge in [-0.1, -0.05) is 0 Å². The number of anilines is 1. The van der Waals surface area contributed by atoms with Crippen molar-refractivity contribution in [3.8, 4) is 11.8 Å². The molecule has 1 aromatic heterocycles. The van der Waals surface area contributed by atoms with Gasteiger partial charge in [0.25, 0.3) is 0 Å². The molecule has 0 atom stereocenters. The van der Waals surface area contributed by atoms with Crippen molar-refractivity contribution in [2.75, 3.05) is 37.8 Å². The third-order valence-corrected chi connectivity index (χ3v) is 3.75. The Morgan fingerprint density at radius 3 is 2.54 bits per heavy atom. The van der Waals surface area contributed by atoms with E-state index in [1.165, 1.54) is 12.1 Å². The maximum atomic E-state index is 9.88. The molecule has 2 heterocycles. The van der Waals surface area contributed by atoms with Crippen LogP contribution in [0.5, 0.6) is 11.8 Å². The average Bonchev–Trinajstić information content (AvgIpc) is 2.68. The summed E-state index contributed by atoms with van der Waals surface area (Å²) in [6.07, 6.45) is 0. The van der Waals surface area contributed by atoms with E-state index in [0.717, 1.165) is 0 Å². The SMILES string of the molecule is CC(C)(O)COc1nc(CN=Nc2ccc(O)cc2)nc(N2CCOCC2)n1. The third-order valence-electron chi connectivity index (χ3n) is 3.75. The molecule has 1 aliphatic heterocycles. The number of morpholine rings is 1. The van der Waals surface area contributed by atoms with Gasteiger partial charge < -0.3 is 24.6 Å². The maximum absolute atomic E-state index is 9.88. The number of phenols is 1. The van der Waals surface area contributed by atoms with Crippen LogP contribution in [0.25, 0.3) is 0 Å². The Hall–Kier alpha value is -2.85. The molecule has 0 unspecified atom stereocenters. The smallest absolute Gasteiger partial charge is 0.321 e. The number of hydrogen-bond donors (Lipinski definition) is 2. The molecule has 10 heteroatoms. The summed E-state index contributed by atoms with van der Waals surface area (Å²) >= 11 is 0. The van der Waals surface area contributed by atoms with Crippen LogP contribution < -0.4 is 9.64 Å². The van der Waals surface area contributed by atoms with Crippen LogP contribution in [0.2, 0.25) is 0 Å². The molecule has 2 aromatic rings. The second-order valence-electron chi connectivity index (χ2n) is 6.95. The molecule has 0 radical (unpaired) electrons. The molecule has 3 rings (SSSR count). The van der Waals surface area contributed by atoms with Gasteiger partial charge in [0.2, 0.25) is 5.95 Å². The fourth-order valence-corrected chi connectivity index (χ4v) is 2.37. The van der Waals surface area contributed by atoms with Crippen molar-refractivity contribution < 1.29 is 19.7 Å². The van der Waals surface area contributed by atoms with E-state index < -0.39 is 5.60 Å². The minimum Gasteiger partial charge on any atom is -0.508 e. The Balaban J connectivity index is 1.76. The van der Waals surface area contributed by atoms with Crippen molar-refractivity contribution in [2.45, 2.75) is 26.0 Å². The van der Waals surface area contributed by atoms with Crippen LogP contribution >= 0.6 is 0 Å². The van der Waals surface area contributed by atoms with Gasteiger partial charge in [0.15, 0.2) is 5.82 Å². The molecule has 0 saturated carbocycles. The fourth-order valence-electron chi connectivity index (χ4n) is 2.37. The Morgan fingerprint density at radius 1 is 1.14 bits per heavy atom. The quantitative estimate of drug-likeness (QED) is 0.688. The van der Waals surface area contributed by atoms with Crippen molar-refractivity contribution in [3.05, 3.63) is 30.1 Å². The molecule has 0 bridgehead atoms. The van der Waals surface area contributed by atoms with Gasteiger partial charge in [-0.25, -0.2) is 0 Å². The number of azo groups is 1. The summed E-state index contributed by atoms with van der Waals surface area (Å²) in [4.78, 5) is 15.1. The van der Waals surface area contributed by atoms with Crippen LogP contribution in [-0.2, 0) is 11.3 Å². The topological polar surface area (TPSA) is 126 Å². The summed E-state index contributed by atoms with van der Waals surface area (Å²) in [7, 11) is 0. The molecular formula is C18H24N6O4. The highest BCUT2D eigenvalue weighted by atomic mass is 16.5. The molecule has 1 aliphatic rings.